The van der Waals surface area contributed by atoms with Crippen LogP contribution in [0.1, 0.15) is 15.2 Å². The molecule has 5 nitrogen and oxygen atoms in total. The lowest BCUT2D eigenvalue weighted by Gasteiger charge is -2.04. The topological polar surface area (TPSA) is 89.3 Å². The van der Waals surface area contributed by atoms with E-state index in [0.29, 0.717) is 18.5 Å². The molecular weight excluding hydrogens is 315 g/mol. The highest BCUT2D eigenvalue weighted by Gasteiger charge is 2.11. The maximum Gasteiger partial charge on any atom is 0.251 e. The van der Waals surface area contributed by atoms with Crippen LogP contribution in [0.15, 0.2) is 40.6 Å². The van der Waals surface area contributed by atoms with E-state index in [1.807, 2.05) is 0 Å². The van der Waals surface area contributed by atoms with Crippen LogP contribution in [0.4, 0.5) is 4.39 Å². The average molecular weight is 328 g/mol. The highest BCUT2D eigenvalue weighted by molar-refractivity contribution is 7.91. The highest BCUT2D eigenvalue weighted by atomic mass is 32.2. The van der Waals surface area contributed by atoms with E-state index in [1.165, 1.54) is 30.3 Å². The summed E-state index contributed by atoms with van der Waals surface area (Å²) in [6.45, 7) is 0.348. The van der Waals surface area contributed by atoms with Gasteiger partial charge in [0.25, 0.3) is 5.91 Å². The predicted octanol–water partition coefficient (Wildman–Crippen LogP) is 1.51. The fourth-order valence-electron chi connectivity index (χ4n) is 1.65. The Morgan fingerprint density at radius 2 is 1.86 bits per heavy atom. The van der Waals surface area contributed by atoms with Gasteiger partial charge in [-0.05, 0) is 42.8 Å². The molecule has 0 atom stereocenters. The number of sulfonamides is 1. The molecule has 21 heavy (non-hydrogen) atoms. The lowest BCUT2D eigenvalue weighted by Crippen LogP contribution is -2.25. The normalized spacial score (nSPS) is 11.3. The molecule has 1 aromatic heterocycles. The van der Waals surface area contributed by atoms with E-state index < -0.39 is 15.8 Å². The summed E-state index contributed by atoms with van der Waals surface area (Å²) in [6, 6.07) is 8.33. The Morgan fingerprint density at radius 3 is 2.43 bits per heavy atom. The van der Waals surface area contributed by atoms with Gasteiger partial charge in [0.1, 0.15) is 10.0 Å². The van der Waals surface area contributed by atoms with Crippen LogP contribution in [0.3, 0.4) is 0 Å². The summed E-state index contributed by atoms with van der Waals surface area (Å²) >= 11 is 1.08. The minimum atomic E-state index is -3.67. The zero-order valence-corrected chi connectivity index (χ0v) is 12.5. The maximum atomic E-state index is 12.7. The first-order valence-electron chi connectivity index (χ1n) is 6.01. The third-order valence-electron chi connectivity index (χ3n) is 2.68. The molecule has 0 aliphatic carbocycles. The Kier molecular flexibility index (Phi) is 4.71. The number of primary sulfonamides is 1. The summed E-state index contributed by atoms with van der Waals surface area (Å²) in [6.07, 6.45) is 0.493. The number of hydrogen-bond acceptors (Lipinski definition) is 4. The van der Waals surface area contributed by atoms with E-state index in [0.717, 1.165) is 16.2 Å². The number of carbonyl (C=O) groups excluding carboxylic acids is 1. The molecule has 3 N–H and O–H groups in total. The summed E-state index contributed by atoms with van der Waals surface area (Å²) in [5, 5.41) is 7.70. The number of halogens is 1. The van der Waals surface area contributed by atoms with Crippen molar-refractivity contribution in [2.75, 3.05) is 6.54 Å². The Hall–Kier alpha value is -1.77. The average Bonchev–Trinajstić information content (AvgIpc) is 2.88. The van der Waals surface area contributed by atoms with Crippen LogP contribution in [-0.2, 0) is 16.4 Å². The molecule has 0 spiro atoms. The van der Waals surface area contributed by atoms with Gasteiger partial charge in [-0.3, -0.25) is 4.79 Å². The van der Waals surface area contributed by atoms with Crippen molar-refractivity contribution < 1.29 is 17.6 Å². The molecule has 8 heteroatoms. The van der Waals surface area contributed by atoms with Crippen LogP contribution < -0.4 is 10.5 Å². The van der Waals surface area contributed by atoms with Gasteiger partial charge in [0.2, 0.25) is 10.0 Å². The van der Waals surface area contributed by atoms with E-state index in [1.54, 1.807) is 6.07 Å². The van der Waals surface area contributed by atoms with Gasteiger partial charge in [-0.1, -0.05) is 0 Å². The van der Waals surface area contributed by atoms with Gasteiger partial charge in [0.05, 0.1) is 0 Å². The zero-order chi connectivity index (χ0) is 15.5. The number of amides is 1. The molecule has 1 amide bonds. The third-order valence-corrected chi connectivity index (χ3v) is 5.26. The fraction of sp³-hybridized carbons (Fsp3) is 0.154. The first-order chi connectivity index (χ1) is 9.86. The zero-order valence-electron chi connectivity index (χ0n) is 10.9. The van der Waals surface area contributed by atoms with E-state index in [9.17, 15) is 17.6 Å². The van der Waals surface area contributed by atoms with Gasteiger partial charge in [-0.15, -0.1) is 11.3 Å². The molecule has 0 bridgehead atoms. The smallest absolute Gasteiger partial charge is 0.251 e. The van der Waals surface area contributed by atoms with E-state index in [2.05, 4.69) is 5.32 Å². The lowest BCUT2D eigenvalue weighted by atomic mass is 10.2. The molecule has 0 fully saturated rings. The summed E-state index contributed by atoms with van der Waals surface area (Å²) in [5.41, 5.74) is 0.368. The number of nitrogens with one attached hydrogen (secondary N) is 1. The number of rotatable bonds is 5. The van der Waals surface area contributed by atoms with Gasteiger partial charge < -0.3 is 5.32 Å². The van der Waals surface area contributed by atoms with Crippen LogP contribution in [0.25, 0.3) is 0 Å². The van der Waals surface area contributed by atoms with Crippen molar-refractivity contribution in [3.63, 3.8) is 0 Å². The van der Waals surface area contributed by atoms with Crippen LogP contribution in [0, 0.1) is 5.82 Å². The number of carbonyl (C=O) groups is 1. The molecule has 0 unspecified atom stereocenters. The minimum Gasteiger partial charge on any atom is -0.352 e. The van der Waals surface area contributed by atoms with Crippen molar-refractivity contribution in [1.82, 2.24) is 5.32 Å². The second-order valence-corrected chi connectivity index (χ2v) is 7.24. The highest BCUT2D eigenvalue weighted by Crippen LogP contribution is 2.20. The molecule has 0 saturated carbocycles. The Bertz CT molecular complexity index is 739. The van der Waals surface area contributed by atoms with E-state index in [4.69, 9.17) is 5.14 Å². The largest absolute Gasteiger partial charge is 0.352 e. The van der Waals surface area contributed by atoms with Gasteiger partial charge in [-0.2, -0.15) is 0 Å². The second kappa shape index (κ2) is 6.33. The molecule has 0 saturated heterocycles. The summed E-state index contributed by atoms with van der Waals surface area (Å²) in [5.74, 6) is -0.709. The first kappa shape index (κ1) is 15.6. The number of nitrogens with two attached hydrogens (primary N) is 1. The van der Waals surface area contributed by atoms with Crippen molar-refractivity contribution in [2.45, 2.75) is 10.6 Å². The van der Waals surface area contributed by atoms with E-state index in [-0.39, 0.29) is 10.1 Å². The van der Waals surface area contributed by atoms with Crippen molar-refractivity contribution in [2.24, 2.45) is 5.14 Å². The summed E-state index contributed by atoms with van der Waals surface area (Å²) < 4.78 is 35.1. The first-order valence-corrected chi connectivity index (χ1v) is 8.38. The monoisotopic (exact) mass is 328 g/mol. The molecule has 2 rings (SSSR count). The maximum absolute atomic E-state index is 12.7. The summed E-state index contributed by atoms with van der Waals surface area (Å²) in [4.78, 5) is 12.6. The van der Waals surface area contributed by atoms with Gasteiger partial charge in [0, 0.05) is 17.0 Å². The van der Waals surface area contributed by atoms with Crippen molar-refractivity contribution >= 4 is 27.3 Å². The van der Waals surface area contributed by atoms with Crippen LogP contribution in [-0.4, -0.2) is 20.9 Å². The van der Waals surface area contributed by atoms with Crippen LogP contribution in [0.5, 0.6) is 0 Å². The predicted molar refractivity (Wildman–Crippen MR) is 78.1 cm³/mol. The fourth-order valence-corrected chi connectivity index (χ4v) is 3.43. The van der Waals surface area contributed by atoms with Crippen LogP contribution >= 0.6 is 11.3 Å². The van der Waals surface area contributed by atoms with Gasteiger partial charge in [-0.25, -0.2) is 17.9 Å². The molecular formula is C13H13FN2O3S2. The molecule has 0 aliphatic rings. The van der Waals surface area contributed by atoms with Crippen molar-refractivity contribution in [3.05, 3.63) is 52.7 Å². The van der Waals surface area contributed by atoms with Gasteiger partial charge in [0.15, 0.2) is 0 Å². The Morgan fingerprint density at radius 1 is 1.19 bits per heavy atom. The minimum absolute atomic E-state index is 0.0994. The third kappa shape index (κ3) is 4.35. The molecule has 1 aromatic carbocycles. The molecule has 1 heterocycles. The Labute approximate surface area is 125 Å². The van der Waals surface area contributed by atoms with E-state index >= 15 is 0 Å². The standard InChI is InChI=1S/C13H13FN2O3S2/c14-10-3-1-9(2-4-10)13(17)16-8-7-11-5-6-12(20-11)21(15,18)19/h1-6H,7-8H2,(H,16,17)(H2,15,18,19). The van der Waals surface area contributed by atoms with Crippen molar-refractivity contribution in [1.29, 1.82) is 0 Å². The molecule has 0 aliphatic heterocycles. The molecule has 2 aromatic rings. The second-order valence-electron chi connectivity index (χ2n) is 4.28. The van der Waals surface area contributed by atoms with Crippen molar-refractivity contribution in [3.8, 4) is 0 Å². The lowest BCUT2D eigenvalue weighted by molar-refractivity contribution is 0.0954. The Balaban J connectivity index is 1.88. The quantitative estimate of drug-likeness (QED) is 0.872. The summed E-state index contributed by atoms with van der Waals surface area (Å²) in [7, 11) is -3.67. The SMILES string of the molecule is NS(=O)(=O)c1ccc(CCNC(=O)c2ccc(F)cc2)s1. The molecule has 0 radical (unpaired) electrons. The number of hydrogen-bond donors (Lipinski definition) is 2. The van der Waals surface area contributed by atoms with Crippen LogP contribution in [0.2, 0.25) is 0 Å². The number of thiophene rings is 1. The van der Waals surface area contributed by atoms with Gasteiger partial charge >= 0.3 is 0 Å². The molecule has 112 valence electrons. The number of benzene rings is 1.